The van der Waals surface area contributed by atoms with E-state index >= 15 is 0 Å². The second-order valence-corrected chi connectivity index (χ2v) is 8.76. The standard InChI is InChI=1S/C19H21N3OS2.ClH/c1-21-15-5-4-14(16(23)6-8-22-9-11-24-12-10-22)13-18(15)25-17-3-2-7-20-19(17)21;/h2-5,7,13H,6,8-12H2,1H3;1H. The van der Waals surface area contributed by atoms with Crippen LogP contribution in [0.4, 0.5) is 11.5 Å². The highest BCUT2D eigenvalue weighted by molar-refractivity contribution is 7.99. The number of anilines is 2. The summed E-state index contributed by atoms with van der Waals surface area (Å²) < 4.78 is 0. The number of quaternary nitrogens is 1. The number of hydrogen-bond acceptors (Lipinski definition) is 5. The van der Waals surface area contributed by atoms with Gasteiger partial charge in [0.2, 0.25) is 0 Å². The van der Waals surface area contributed by atoms with Crippen molar-refractivity contribution in [3.8, 4) is 0 Å². The van der Waals surface area contributed by atoms with Crippen LogP contribution in [-0.4, -0.2) is 49.0 Å². The molecule has 2 aliphatic rings. The number of thioether (sulfide) groups is 1. The molecule has 1 saturated heterocycles. The van der Waals surface area contributed by atoms with Gasteiger partial charge in [-0.3, -0.25) is 4.79 Å². The van der Waals surface area contributed by atoms with Crippen LogP contribution in [0.5, 0.6) is 0 Å². The lowest BCUT2D eigenvalue weighted by Gasteiger charge is -2.28. The number of hydrogen-bond donors (Lipinski definition) is 1. The van der Waals surface area contributed by atoms with Gasteiger partial charge in [0.05, 0.1) is 36.6 Å². The number of Topliss-reactive ketones (excluding diaryl/α,β-unsaturated/α-hetero) is 1. The first kappa shape index (κ1) is 19.5. The lowest BCUT2D eigenvalue weighted by atomic mass is 10.1. The minimum absolute atomic E-state index is 0. The van der Waals surface area contributed by atoms with Crippen LogP contribution in [0.25, 0.3) is 0 Å². The fourth-order valence-corrected chi connectivity index (χ4v) is 5.57. The number of benzene rings is 1. The molecule has 7 heteroatoms. The maximum absolute atomic E-state index is 12.6. The van der Waals surface area contributed by atoms with Gasteiger partial charge < -0.3 is 22.2 Å². The van der Waals surface area contributed by atoms with E-state index in [2.05, 4.69) is 28.1 Å². The molecule has 4 nitrogen and oxygen atoms in total. The highest BCUT2D eigenvalue weighted by Crippen LogP contribution is 2.46. The van der Waals surface area contributed by atoms with E-state index in [9.17, 15) is 4.79 Å². The predicted molar refractivity (Wildman–Crippen MR) is 105 cm³/mol. The predicted octanol–water partition coefficient (Wildman–Crippen LogP) is -0.477. The fraction of sp³-hybridized carbons (Fsp3) is 0.368. The van der Waals surface area contributed by atoms with Crippen molar-refractivity contribution in [3.63, 3.8) is 0 Å². The van der Waals surface area contributed by atoms with Crippen molar-refractivity contribution in [2.24, 2.45) is 0 Å². The molecule has 1 aromatic carbocycles. The summed E-state index contributed by atoms with van der Waals surface area (Å²) in [5.74, 6) is 3.68. The Morgan fingerprint density at radius 3 is 2.85 bits per heavy atom. The van der Waals surface area contributed by atoms with Crippen LogP contribution in [0.15, 0.2) is 46.3 Å². The van der Waals surface area contributed by atoms with Crippen LogP contribution >= 0.6 is 23.5 Å². The average molecular weight is 408 g/mol. The summed E-state index contributed by atoms with van der Waals surface area (Å²) >= 11 is 3.72. The summed E-state index contributed by atoms with van der Waals surface area (Å²) in [7, 11) is 2.03. The van der Waals surface area contributed by atoms with E-state index in [1.807, 2.05) is 37.1 Å². The van der Waals surface area contributed by atoms with Crippen molar-refractivity contribution in [2.45, 2.75) is 16.2 Å². The monoisotopic (exact) mass is 407 g/mol. The fourth-order valence-electron chi connectivity index (χ4n) is 3.34. The molecule has 0 aliphatic carbocycles. The Labute approximate surface area is 169 Å². The van der Waals surface area contributed by atoms with Crippen LogP contribution in [0, 0.1) is 0 Å². The molecule has 0 amide bonds. The minimum Gasteiger partial charge on any atom is -1.00 e. The summed E-state index contributed by atoms with van der Waals surface area (Å²) in [4.78, 5) is 23.1. The zero-order valence-corrected chi connectivity index (χ0v) is 17.1. The van der Waals surface area contributed by atoms with Crippen LogP contribution in [0.2, 0.25) is 0 Å². The molecule has 0 unspecified atom stereocenters. The van der Waals surface area contributed by atoms with Crippen molar-refractivity contribution in [2.75, 3.05) is 43.1 Å². The molecule has 0 saturated carbocycles. The topological polar surface area (TPSA) is 37.6 Å². The SMILES string of the molecule is CN1c2ccc(C(=O)CC[NH+]3CCSCC3)cc2Sc2cccnc21.[Cl-]. The summed E-state index contributed by atoms with van der Waals surface area (Å²) in [6, 6.07) is 10.1. The van der Waals surface area contributed by atoms with Crippen molar-refractivity contribution in [1.82, 2.24) is 4.98 Å². The van der Waals surface area contributed by atoms with Gasteiger partial charge >= 0.3 is 0 Å². The van der Waals surface area contributed by atoms with Crippen molar-refractivity contribution < 1.29 is 22.1 Å². The van der Waals surface area contributed by atoms with E-state index in [1.54, 1.807) is 16.7 Å². The normalized spacial score (nSPS) is 16.4. The number of carbonyl (C=O) groups excluding carboxylic acids is 1. The molecule has 26 heavy (non-hydrogen) atoms. The van der Waals surface area contributed by atoms with Crippen molar-refractivity contribution in [3.05, 3.63) is 42.1 Å². The van der Waals surface area contributed by atoms with E-state index in [4.69, 9.17) is 0 Å². The molecule has 0 spiro atoms. The molecule has 2 aliphatic heterocycles. The van der Waals surface area contributed by atoms with Crippen molar-refractivity contribution >= 4 is 40.8 Å². The van der Waals surface area contributed by atoms with Gasteiger partial charge in [-0.25, -0.2) is 4.98 Å². The molecule has 0 radical (unpaired) electrons. The summed E-state index contributed by atoms with van der Waals surface area (Å²) in [6.07, 6.45) is 2.46. The quantitative estimate of drug-likeness (QED) is 0.693. The van der Waals surface area contributed by atoms with E-state index in [0.717, 1.165) is 33.4 Å². The van der Waals surface area contributed by atoms with Gasteiger partial charge in [-0.1, -0.05) is 11.8 Å². The number of aromatic nitrogens is 1. The highest BCUT2D eigenvalue weighted by Gasteiger charge is 2.23. The van der Waals surface area contributed by atoms with E-state index in [1.165, 1.54) is 24.6 Å². The third-order valence-electron chi connectivity index (χ3n) is 4.84. The first-order valence-corrected chi connectivity index (χ1v) is 10.6. The van der Waals surface area contributed by atoms with Crippen LogP contribution in [0.1, 0.15) is 16.8 Å². The molecule has 4 rings (SSSR count). The second-order valence-electron chi connectivity index (χ2n) is 6.45. The number of rotatable bonds is 4. The third-order valence-corrected chi connectivity index (χ3v) is 6.91. The van der Waals surface area contributed by atoms with Crippen LogP contribution in [-0.2, 0) is 0 Å². The van der Waals surface area contributed by atoms with Gasteiger partial charge in [-0.2, -0.15) is 11.8 Å². The smallest absolute Gasteiger partial charge is 0.168 e. The maximum Gasteiger partial charge on any atom is 0.168 e. The summed E-state index contributed by atoms with van der Waals surface area (Å²) in [6.45, 7) is 3.33. The number of carbonyl (C=O) groups is 1. The first-order valence-electron chi connectivity index (χ1n) is 8.67. The van der Waals surface area contributed by atoms with Gasteiger partial charge in [-0.15, -0.1) is 0 Å². The number of pyridine rings is 1. The Balaban J connectivity index is 0.00000196. The van der Waals surface area contributed by atoms with Gasteiger partial charge in [0.1, 0.15) is 5.82 Å². The van der Waals surface area contributed by atoms with E-state index in [0.29, 0.717) is 6.42 Å². The van der Waals surface area contributed by atoms with Gasteiger partial charge in [0, 0.05) is 35.2 Å². The highest BCUT2D eigenvalue weighted by atomic mass is 35.5. The number of ketones is 1. The van der Waals surface area contributed by atoms with Gasteiger partial charge in [-0.05, 0) is 30.3 Å². The van der Waals surface area contributed by atoms with Crippen molar-refractivity contribution in [1.29, 1.82) is 0 Å². The lowest BCUT2D eigenvalue weighted by Crippen LogP contribution is -3.13. The number of halogens is 1. The Morgan fingerprint density at radius 1 is 1.23 bits per heavy atom. The average Bonchev–Trinajstić information content (AvgIpc) is 2.67. The number of nitrogens with one attached hydrogen (secondary N) is 1. The number of fused-ring (bicyclic) bond motifs is 2. The summed E-state index contributed by atoms with van der Waals surface area (Å²) in [5, 5.41) is 0. The molecule has 0 atom stereocenters. The molecule has 0 bridgehead atoms. The van der Waals surface area contributed by atoms with E-state index < -0.39 is 0 Å². The van der Waals surface area contributed by atoms with E-state index in [-0.39, 0.29) is 18.2 Å². The summed E-state index contributed by atoms with van der Waals surface area (Å²) in [5.41, 5.74) is 1.95. The Morgan fingerprint density at radius 2 is 2.04 bits per heavy atom. The molecule has 2 aromatic rings. The largest absolute Gasteiger partial charge is 1.00 e. The molecular formula is C19H22ClN3OS2. The van der Waals surface area contributed by atoms with Crippen LogP contribution < -0.4 is 22.2 Å². The Bertz CT molecular complexity index is 796. The lowest BCUT2D eigenvalue weighted by molar-refractivity contribution is -0.895. The minimum atomic E-state index is 0. The zero-order valence-electron chi connectivity index (χ0n) is 14.7. The molecular weight excluding hydrogens is 386 g/mol. The molecule has 1 aromatic heterocycles. The molecule has 1 fully saturated rings. The zero-order chi connectivity index (χ0) is 17.2. The number of nitrogens with zero attached hydrogens (tertiary/aromatic N) is 2. The van der Waals surface area contributed by atoms with Gasteiger partial charge in [0.15, 0.2) is 5.78 Å². The Hall–Kier alpha value is -1.21. The van der Waals surface area contributed by atoms with Crippen LogP contribution in [0.3, 0.4) is 0 Å². The molecule has 3 heterocycles. The molecule has 1 N–H and O–H groups in total. The third kappa shape index (κ3) is 4.03. The second kappa shape index (κ2) is 8.65. The molecule has 138 valence electrons. The van der Waals surface area contributed by atoms with Gasteiger partial charge in [0.25, 0.3) is 0 Å². The first-order chi connectivity index (χ1) is 12.2. The Kier molecular flexibility index (Phi) is 6.51. The maximum atomic E-state index is 12.6.